The molecule has 0 amide bonds. The summed E-state index contributed by atoms with van der Waals surface area (Å²) in [5.41, 5.74) is 0. The molecule has 0 unspecified atom stereocenters. The fourth-order valence-electron chi connectivity index (χ4n) is 0. The molecule has 10 heteroatoms. The van der Waals surface area contributed by atoms with E-state index in [2.05, 4.69) is 0 Å². The maximum Gasteiger partial charge on any atom is 0.0311 e. The minimum absolute atomic E-state index is 0. The van der Waals surface area contributed by atoms with Crippen LogP contribution in [-0.4, -0.2) is 30.8 Å². The van der Waals surface area contributed by atoms with Crippen LogP contribution in [0.15, 0.2) is 0 Å². The van der Waals surface area contributed by atoms with Crippen LogP contribution in [0.25, 0.3) is 0 Å². The van der Waals surface area contributed by atoms with Crippen LogP contribution in [-0.2, 0) is 41.2 Å². The molecule has 0 aromatic carbocycles. The van der Waals surface area contributed by atoms with Crippen molar-refractivity contribution in [2.24, 2.45) is 0 Å². The summed E-state index contributed by atoms with van der Waals surface area (Å²) in [7, 11) is -5.17. The molecule has 10 heavy (non-hydrogen) atoms. The van der Waals surface area contributed by atoms with Gasteiger partial charge < -0.3 is 18.2 Å². The zero-order valence-corrected chi connectivity index (χ0v) is 7.28. The Balaban J connectivity index is -0.0000000910. The molecule has 0 heterocycles. The van der Waals surface area contributed by atoms with E-state index in [9.17, 15) is 0 Å². The standard InChI is InChI=1S/H2O4S.H2O3S.Rh/c1-5(2,3)4;1-4(2)3;/h(H2,1,2,3,4);(H2,1,2,3);/p-4. The van der Waals surface area contributed by atoms with E-state index in [1.165, 1.54) is 0 Å². The Bertz CT molecular complexity index is 154. The molecule has 0 aromatic heterocycles. The van der Waals surface area contributed by atoms with Crippen molar-refractivity contribution in [3.05, 3.63) is 0 Å². The molecule has 7 nitrogen and oxygen atoms in total. The van der Waals surface area contributed by atoms with Gasteiger partial charge >= 0.3 is 0 Å². The van der Waals surface area contributed by atoms with E-state index in [0.29, 0.717) is 0 Å². The average molecular weight is 279 g/mol. The maximum atomic E-state index is 8.52. The van der Waals surface area contributed by atoms with Gasteiger partial charge in [0, 0.05) is 29.9 Å². The van der Waals surface area contributed by atoms with Gasteiger partial charge in [0.15, 0.2) is 0 Å². The molecular weight excluding hydrogens is 279 g/mol. The third-order valence-electron chi connectivity index (χ3n) is 0. The molecule has 0 aromatic rings. The fraction of sp³-hybridized carbons (Fsp3) is 0. The molecule has 0 aliphatic heterocycles. The molecule has 0 aliphatic carbocycles. The fourth-order valence-corrected chi connectivity index (χ4v) is 0. The van der Waals surface area contributed by atoms with Crippen LogP contribution in [0.4, 0.5) is 0 Å². The van der Waals surface area contributed by atoms with Gasteiger partial charge in [0.05, 0.1) is 0 Å². The number of hydrogen-bond donors (Lipinski definition) is 0. The summed E-state index contributed by atoms with van der Waals surface area (Å²) >= 11 is -3.11. The number of rotatable bonds is 0. The predicted molar refractivity (Wildman–Crippen MR) is 20.2 cm³/mol. The third-order valence-corrected chi connectivity index (χ3v) is 0. The minimum atomic E-state index is -5.17. The summed E-state index contributed by atoms with van der Waals surface area (Å²) in [5, 5.41) is 0. The molecule has 1 radical (unpaired) electrons. The zero-order chi connectivity index (χ0) is 8.08. The first kappa shape index (κ1) is 16.9. The predicted octanol–water partition coefficient (Wildman–Crippen LogP) is -2.34. The van der Waals surface area contributed by atoms with E-state index < -0.39 is 21.8 Å². The van der Waals surface area contributed by atoms with Crippen LogP contribution in [0.1, 0.15) is 0 Å². The van der Waals surface area contributed by atoms with Crippen LogP contribution >= 0.6 is 0 Å². The van der Waals surface area contributed by atoms with E-state index in [4.69, 9.17) is 30.8 Å². The molecule has 0 atom stereocenters. The van der Waals surface area contributed by atoms with Crippen molar-refractivity contribution in [2.75, 3.05) is 0 Å². The van der Waals surface area contributed by atoms with Gasteiger partial charge in [-0.25, -0.2) is 0 Å². The first-order chi connectivity index (χ1) is 3.73. The quantitative estimate of drug-likeness (QED) is 0.209. The van der Waals surface area contributed by atoms with Crippen molar-refractivity contribution in [1.29, 1.82) is 0 Å². The Labute approximate surface area is 72.3 Å². The Morgan fingerprint density at radius 2 is 1.10 bits per heavy atom. The first-order valence-corrected chi connectivity index (χ1v) is 3.50. The summed E-state index contributed by atoms with van der Waals surface area (Å²) in [4.78, 5) is 0. The van der Waals surface area contributed by atoms with Crippen molar-refractivity contribution < 1.29 is 50.3 Å². The van der Waals surface area contributed by atoms with Crippen LogP contribution in [0, 0.1) is 0 Å². The van der Waals surface area contributed by atoms with Gasteiger partial charge in [-0.05, 0) is 0 Å². The normalized spacial score (nSPS) is 9.30. The van der Waals surface area contributed by atoms with Gasteiger partial charge in [-0.3, -0.25) is 12.6 Å². The second-order valence-corrected chi connectivity index (χ2v) is 1.84. The van der Waals surface area contributed by atoms with Crippen molar-refractivity contribution in [3.8, 4) is 0 Å². The largest absolute Gasteiger partial charge is 0.784 e. The Morgan fingerprint density at radius 3 is 1.10 bits per heavy atom. The molecule has 0 saturated heterocycles. The molecule has 0 N–H and O–H groups in total. The van der Waals surface area contributed by atoms with Crippen molar-refractivity contribution >= 4 is 21.8 Å². The van der Waals surface area contributed by atoms with Crippen LogP contribution in [0.2, 0.25) is 0 Å². The third kappa shape index (κ3) is 1540. The topological polar surface area (TPSA) is 143 Å². The Morgan fingerprint density at radius 1 is 1.10 bits per heavy atom. The van der Waals surface area contributed by atoms with Gasteiger partial charge in [-0.15, -0.1) is 11.4 Å². The van der Waals surface area contributed by atoms with Gasteiger partial charge in [-0.2, -0.15) is 0 Å². The van der Waals surface area contributed by atoms with Gasteiger partial charge in [0.1, 0.15) is 0 Å². The first-order valence-electron chi connectivity index (χ1n) is 1.17. The van der Waals surface area contributed by atoms with Crippen molar-refractivity contribution in [2.45, 2.75) is 0 Å². The Hall–Kier alpha value is 0.563. The van der Waals surface area contributed by atoms with E-state index in [0.717, 1.165) is 0 Å². The summed E-state index contributed by atoms with van der Waals surface area (Å²) in [6.45, 7) is 0. The molecule has 0 saturated carbocycles. The molecule has 0 aliphatic rings. The average Bonchev–Trinajstić information content (AvgIpc) is 1.19. The summed E-state index contributed by atoms with van der Waals surface area (Å²) in [6.07, 6.45) is 0. The molecule has 0 rings (SSSR count). The summed E-state index contributed by atoms with van der Waals surface area (Å²) in [5.74, 6) is 0. The van der Waals surface area contributed by atoms with Gasteiger partial charge in [0.25, 0.3) is 0 Å². The van der Waals surface area contributed by atoms with Crippen LogP contribution in [0.3, 0.4) is 0 Å². The van der Waals surface area contributed by atoms with E-state index in [1.54, 1.807) is 0 Å². The van der Waals surface area contributed by atoms with Gasteiger partial charge in [0.2, 0.25) is 0 Å². The van der Waals surface area contributed by atoms with Crippen LogP contribution < -0.4 is 0 Å². The SMILES string of the molecule is O=S(=O)([O-])[O-].O=S([O-])[O-].[Rh]. The monoisotopic (exact) mass is 279 g/mol. The van der Waals surface area contributed by atoms with E-state index in [1.807, 2.05) is 0 Å². The second kappa shape index (κ2) is 7.67. The van der Waals surface area contributed by atoms with Crippen LogP contribution in [0.5, 0.6) is 0 Å². The van der Waals surface area contributed by atoms with E-state index in [-0.39, 0.29) is 19.5 Å². The Kier molecular flexibility index (Phi) is 13.0. The van der Waals surface area contributed by atoms with Crippen molar-refractivity contribution in [3.63, 3.8) is 0 Å². The smallest absolute Gasteiger partial charge is 0.0311 e. The van der Waals surface area contributed by atoms with Crippen molar-refractivity contribution in [1.82, 2.24) is 0 Å². The van der Waals surface area contributed by atoms with E-state index >= 15 is 0 Å². The number of hydrogen-bond acceptors (Lipinski definition) is 7. The molecule has 67 valence electrons. The molecular formula is O7RhS2-4. The summed E-state index contributed by atoms with van der Waals surface area (Å²) < 4.78 is 59.4. The zero-order valence-electron chi connectivity index (χ0n) is 4.01. The maximum absolute atomic E-state index is 8.52. The summed E-state index contributed by atoms with van der Waals surface area (Å²) in [6, 6.07) is 0. The molecule has 0 spiro atoms. The van der Waals surface area contributed by atoms with Gasteiger partial charge in [-0.1, -0.05) is 0 Å². The second-order valence-electron chi connectivity index (χ2n) is 0.612. The molecule has 0 fully saturated rings. The molecule has 0 bridgehead atoms. The minimum Gasteiger partial charge on any atom is -0.784 e.